The molecule has 0 spiro atoms. The van der Waals surface area contributed by atoms with E-state index in [4.69, 9.17) is 4.74 Å². The third-order valence-corrected chi connectivity index (χ3v) is 6.67. The van der Waals surface area contributed by atoms with Gasteiger partial charge in [0.2, 0.25) is 5.95 Å². The van der Waals surface area contributed by atoms with Gasteiger partial charge in [-0.15, -0.1) is 0 Å². The monoisotopic (exact) mass is 504 g/mol. The van der Waals surface area contributed by atoms with Crippen molar-refractivity contribution in [3.63, 3.8) is 0 Å². The van der Waals surface area contributed by atoms with Crippen LogP contribution in [0.15, 0.2) is 35.1 Å². The van der Waals surface area contributed by atoms with Crippen molar-refractivity contribution in [1.29, 1.82) is 0 Å². The number of piperazine rings is 1. The van der Waals surface area contributed by atoms with Crippen LogP contribution in [0.3, 0.4) is 0 Å². The molecule has 2 N–H and O–H groups in total. The summed E-state index contributed by atoms with van der Waals surface area (Å²) in [5, 5.41) is 12.4. The van der Waals surface area contributed by atoms with E-state index in [9.17, 15) is 5.11 Å². The Morgan fingerprint density at radius 2 is 1.81 bits per heavy atom. The molecule has 3 heterocycles. The highest BCUT2D eigenvalue weighted by Gasteiger charge is 2.27. The standard InChI is InChI=1S/C23H33BrN6O2/c1-28-9-11-29(12-10-28)20-5-7-30(8-6-20)21-4-3-19(15-22(21)32-14-2-13-31)27-23-25-16-18(24)17-26-23/h3-4,15-17,20,31H,2,5-14H2,1H3,(H,25,26,27). The molecule has 8 nitrogen and oxygen atoms in total. The zero-order valence-electron chi connectivity index (χ0n) is 18.7. The summed E-state index contributed by atoms with van der Waals surface area (Å²) in [6.07, 6.45) is 6.39. The molecular weight excluding hydrogens is 472 g/mol. The van der Waals surface area contributed by atoms with Gasteiger partial charge in [-0.1, -0.05) is 0 Å². The van der Waals surface area contributed by atoms with E-state index in [2.05, 4.69) is 59.0 Å². The fourth-order valence-electron chi connectivity index (χ4n) is 4.38. The summed E-state index contributed by atoms with van der Waals surface area (Å²) >= 11 is 3.36. The molecule has 1 aromatic heterocycles. The van der Waals surface area contributed by atoms with Gasteiger partial charge in [0.15, 0.2) is 0 Å². The molecule has 32 heavy (non-hydrogen) atoms. The largest absolute Gasteiger partial charge is 0.491 e. The number of aromatic nitrogens is 2. The first-order valence-corrected chi connectivity index (χ1v) is 12.2. The van der Waals surface area contributed by atoms with Crippen molar-refractivity contribution < 1.29 is 9.84 Å². The average molecular weight is 505 g/mol. The van der Waals surface area contributed by atoms with Crippen LogP contribution in [0.2, 0.25) is 0 Å². The van der Waals surface area contributed by atoms with E-state index in [0.29, 0.717) is 25.0 Å². The van der Waals surface area contributed by atoms with Crippen LogP contribution in [0, 0.1) is 0 Å². The Labute approximate surface area is 198 Å². The maximum atomic E-state index is 9.17. The first kappa shape index (κ1) is 23.2. The second-order valence-corrected chi connectivity index (χ2v) is 9.43. The number of hydrogen-bond acceptors (Lipinski definition) is 8. The number of nitrogens with one attached hydrogen (secondary N) is 1. The molecule has 2 aliphatic rings. The summed E-state index contributed by atoms with van der Waals surface area (Å²) in [6.45, 7) is 7.34. The molecule has 174 valence electrons. The number of benzene rings is 1. The number of anilines is 3. The minimum atomic E-state index is 0.121. The van der Waals surface area contributed by atoms with Crippen molar-refractivity contribution in [1.82, 2.24) is 19.8 Å². The van der Waals surface area contributed by atoms with Crippen LogP contribution in [0.1, 0.15) is 19.3 Å². The molecule has 2 aromatic rings. The number of halogens is 1. The van der Waals surface area contributed by atoms with Gasteiger partial charge in [-0.2, -0.15) is 0 Å². The van der Waals surface area contributed by atoms with Crippen LogP contribution < -0.4 is 15.0 Å². The number of piperidine rings is 1. The number of rotatable bonds is 8. The van der Waals surface area contributed by atoms with Crippen molar-refractivity contribution in [2.24, 2.45) is 0 Å². The lowest BCUT2D eigenvalue weighted by atomic mass is 10.0. The molecule has 4 rings (SSSR count). The number of hydrogen-bond donors (Lipinski definition) is 2. The van der Waals surface area contributed by atoms with Gasteiger partial charge in [0, 0.05) is 82.5 Å². The normalized spacial score (nSPS) is 18.7. The number of nitrogens with zero attached hydrogens (tertiary/aromatic N) is 5. The molecule has 2 saturated heterocycles. The van der Waals surface area contributed by atoms with E-state index in [0.717, 1.165) is 34.7 Å². The lowest BCUT2D eigenvalue weighted by Crippen LogP contribution is -2.52. The summed E-state index contributed by atoms with van der Waals surface area (Å²) in [5.74, 6) is 1.37. The molecule has 1 aromatic carbocycles. The van der Waals surface area contributed by atoms with Gasteiger partial charge in [0.05, 0.1) is 16.8 Å². The minimum Gasteiger partial charge on any atom is -0.491 e. The fraction of sp³-hybridized carbons (Fsp3) is 0.565. The van der Waals surface area contributed by atoms with Crippen molar-refractivity contribution in [2.75, 3.05) is 69.7 Å². The van der Waals surface area contributed by atoms with E-state index < -0.39 is 0 Å². The Bertz CT molecular complexity index is 852. The minimum absolute atomic E-state index is 0.121. The summed E-state index contributed by atoms with van der Waals surface area (Å²) in [5.41, 5.74) is 1.99. The molecule has 2 fully saturated rings. The maximum Gasteiger partial charge on any atom is 0.227 e. The van der Waals surface area contributed by atoms with Gasteiger partial charge in [-0.3, -0.25) is 4.90 Å². The molecule has 0 radical (unpaired) electrons. The quantitative estimate of drug-likeness (QED) is 0.531. The first-order valence-electron chi connectivity index (χ1n) is 11.4. The molecular formula is C23H33BrN6O2. The van der Waals surface area contributed by atoms with Crippen molar-refractivity contribution in [2.45, 2.75) is 25.3 Å². The molecule has 0 atom stereocenters. The Hall–Kier alpha value is -1.94. The maximum absolute atomic E-state index is 9.17. The van der Waals surface area contributed by atoms with Crippen LogP contribution in [0.25, 0.3) is 0 Å². The smallest absolute Gasteiger partial charge is 0.227 e. The SMILES string of the molecule is CN1CCN(C2CCN(c3ccc(Nc4ncc(Br)cn4)cc3OCCCO)CC2)CC1. The third-order valence-electron chi connectivity index (χ3n) is 6.26. The van der Waals surface area contributed by atoms with Crippen molar-refractivity contribution in [3.8, 4) is 5.75 Å². The van der Waals surface area contributed by atoms with Gasteiger partial charge >= 0.3 is 0 Å². The van der Waals surface area contributed by atoms with Crippen LogP contribution >= 0.6 is 15.9 Å². The second-order valence-electron chi connectivity index (χ2n) is 8.52. The molecule has 0 saturated carbocycles. The highest BCUT2D eigenvalue weighted by Crippen LogP contribution is 2.34. The Morgan fingerprint density at radius 1 is 1.09 bits per heavy atom. The Kier molecular flexibility index (Phi) is 8.18. The molecule has 0 amide bonds. The topological polar surface area (TPSA) is 77.0 Å². The fourth-order valence-corrected chi connectivity index (χ4v) is 4.59. The van der Waals surface area contributed by atoms with E-state index >= 15 is 0 Å². The third kappa shape index (κ3) is 6.10. The van der Waals surface area contributed by atoms with E-state index in [1.54, 1.807) is 12.4 Å². The van der Waals surface area contributed by atoms with Crippen molar-refractivity contribution in [3.05, 3.63) is 35.1 Å². The van der Waals surface area contributed by atoms with Crippen LogP contribution in [0.5, 0.6) is 5.75 Å². The number of aliphatic hydroxyl groups excluding tert-OH is 1. The van der Waals surface area contributed by atoms with E-state index in [1.807, 2.05) is 12.1 Å². The van der Waals surface area contributed by atoms with E-state index in [1.165, 1.54) is 39.0 Å². The molecule has 9 heteroatoms. The van der Waals surface area contributed by atoms with Gasteiger partial charge < -0.3 is 25.0 Å². The summed E-state index contributed by atoms with van der Waals surface area (Å²) in [4.78, 5) is 16.1. The predicted octanol–water partition coefficient (Wildman–Crippen LogP) is 2.96. The molecule has 0 bridgehead atoms. The van der Waals surface area contributed by atoms with Crippen LogP contribution in [-0.2, 0) is 0 Å². The zero-order valence-corrected chi connectivity index (χ0v) is 20.3. The van der Waals surface area contributed by atoms with Crippen LogP contribution in [0.4, 0.5) is 17.3 Å². The summed E-state index contributed by atoms with van der Waals surface area (Å²) in [7, 11) is 2.21. The van der Waals surface area contributed by atoms with Crippen molar-refractivity contribution >= 4 is 33.3 Å². The number of ether oxygens (including phenoxy) is 1. The van der Waals surface area contributed by atoms with E-state index in [-0.39, 0.29) is 6.61 Å². The molecule has 2 aliphatic heterocycles. The molecule has 0 unspecified atom stereocenters. The number of aliphatic hydroxyl groups is 1. The average Bonchev–Trinajstić information content (AvgIpc) is 2.82. The number of likely N-dealkylation sites (N-methyl/N-ethyl adjacent to an activating group) is 1. The highest BCUT2D eigenvalue weighted by molar-refractivity contribution is 9.10. The van der Waals surface area contributed by atoms with Gasteiger partial charge in [0.25, 0.3) is 0 Å². The highest BCUT2D eigenvalue weighted by atomic mass is 79.9. The lowest BCUT2D eigenvalue weighted by molar-refractivity contribution is 0.0981. The lowest BCUT2D eigenvalue weighted by Gasteiger charge is -2.42. The predicted molar refractivity (Wildman–Crippen MR) is 131 cm³/mol. The van der Waals surface area contributed by atoms with Gasteiger partial charge in [-0.05, 0) is 48.0 Å². The second kappa shape index (κ2) is 11.3. The summed E-state index contributed by atoms with van der Waals surface area (Å²) < 4.78 is 6.92. The molecule has 0 aliphatic carbocycles. The van der Waals surface area contributed by atoms with Gasteiger partial charge in [-0.25, -0.2) is 9.97 Å². The Morgan fingerprint density at radius 3 is 2.50 bits per heavy atom. The van der Waals surface area contributed by atoms with Crippen LogP contribution in [-0.4, -0.2) is 90.4 Å². The zero-order chi connectivity index (χ0) is 22.3. The van der Waals surface area contributed by atoms with Gasteiger partial charge in [0.1, 0.15) is 5.75 Å². The Balaban J connectivity index is 1.43. The first-order chi connectivity index (χ1) is 15.6. The summed E-state index contributed by atoms with van der Waals surface area (Å²) in [6, 6.07) is 6.84.